The topological polar surface area (TPSA) is 91.9 Å². The third-order valence-electron chi connectivity index (χ3n) is 5.50. The van der Waals surface area contributed by atoms with Gasteiger partial charge in [-0.3, -0.25) is 14.4 Å². The van der Waals surface area contributed by atoms with Gasteiger partial charge in [0.15, 0.2) is 10.9 Å². The molecule has 2 aromatic carbocycles. The van der Waals surface area contributed by atoms with Gasteiger partial charge in [-0.1, -0.05) is 62.0 Å². The van der Waals surface area contributed by atoms with Gasteiger partial charge in [0.25, 0.3) is 5.56 Å². The molecule has 34 heavy (non-hydrogen) atoms. The average Bonchev–Trinajstić information content (AvgIpc) is 3.23. The molecule has 1 atom stereocenters. The van der Waals surface area contributed by atoms with Crippen molar-refractivity contribution in [3.8, 4) is 11.1 Å². The van der Waals surface area contributed by atoms with Crippen molar-refractivity contribution < 1.29 is 9.59 Å². The smallest absolute Gasteiger partial charge is 0.260 e. The Morgan fingerprint density at radius 1 is 1.09 bits per heavy atom. The Labute approximate surface area is 205 Å². The van der Waals surface area contributed by atoms with Crippen molar-refractivity contribution in [2.45, 2.75) is 44.0 Å². The number of anilines is 1. The molecule has 0 spiro atoms. The maximum absolute atomic E-state index is 12.9. The second kappa shape index (κ2) is 9.95. The number of hydrogen-bond donors (Lipinski definition) is 2. The minimum absolute atomic E-state index is 0.0696. The molecule has 0 fully saturated rings. The molecule has 4 aromatic rings. The molecular formula is C26H25N3O3S2. The number of hydrogen-bond acceptors (Lipinski definition) is 6. The molecule has 174 valence electrons. The van der Waals surface area contributed by atoms with Crippen LogP contribution in [0.1, 0.15) is 49.5 Å². The Morgan fingerprint density at radius 2 is 1.82 bits per heavy atom. The van der Waals surface area contributed by atoms with E-state index in [1.54, 1.807) is 31.2 Å². The SMILES string of the molecule is CC(=O)c1cccc(NC(=O)C(C)Sc2nc3scc(-c4ccc(C(C)C)cc4)c3c(=O)[nH]2)c1. The molecule has 2 aromatic heterocycles. The number of rotatable bonds is 7. The van der Waals surface area contributed by atoms with Crippen LogP contribution >= 0.6 is 23.1 Å². The highest BCUT2D eigenvalue weighted by molar-refractivity contribution is 8.00. The van der Waals surface area contributed by atoms with E-state index in [2.05, 4.69) is 41.3 Å². The van der Waals surface area contributed by atoms with Crippen LogP contribution in [0.25, 0.3) is 21.3 Å². The van der Waals surface area contributed by atoms with Crippen LogP contribution in [0, 0.1) is 0 Å². The van der Waals surface area contributed by atoms with E-state index >= 15 is 0 Å². The molecule has 0 radical (unpaired) electrons. The molecule has 1 amide bonds. The van der Waals surface area contributed by atoms with E-state index in [0.717, 1.165) is 11.1 Å². The first-order chi connectivity index (χ1) is 16.2. The van der Waals surface area contributed by atoms with Crippen LogP contribution in [0.4, 0.5) is 5.69 Å². The van der Waals surface area contributed by atoms with Crippen molar-refractivity contribution >= 4 is 50.7 Å². The number of aromatic nitrogens is 2. The number of nitrogens with zero attached hydrogens (tertiary/aromatic N) is 1. The average molecular weight is 492 g/mol. The van der Waals surface area contributed by atoms with Gasteiger partial charge in [-0.25, -0.2) is 4.98 Å². The molecule has 1 unspecified atom stereocenters. The van der Waals surface area contributed by atoms with E-state index in [4.69, 9.17) is 0 Å². The molecule has 2 N–H and O–H groups in total. The summed E-state index contributed by atoms with van der Waals surface area (Å²) >= 11 is 2.59. The highest BCUT2D eigenvalue weighted by atomic mass is 32.2. The lowest BCUT2D eigenvalue weighted by Crippen LogP contribution is -2.23. The fourth-order valence-electron chi connectivity index (χ4n) is 3.53. The summed E-state index contributed by atoms with van der Waals surface area (Å²) < 4.78 is 0. The van der Waals surface area contributed by atoms with E-state index in [1.807, 2.05) is 17.5 Å². The predicted octanol–water partition coefficient (Wildman–Crippen LogP) is 6.10. The van der Waals surface area contributed by atoms with Crippen LogP contribution in [0.2, 0.25) is 0 Å². The fraction of sp³-hybridized carbons (Fsp3) is 0.231. The molecule has 4 rings (SSSR count). The minimum atomic E-state index is -0.510. The Hall–Kier alpha value is -3.23. The summed E-state index contributed by atoms with van der Waals surface area (Å²) in [5, 5.41) is 5.21. The summed E-state index contributed by atoms with van der Waals surface area (Å²) in [7, 11) is 0. The number of ketones is 1. The van der Waals surface area contributed by atoms with Crippen LogP contribution in [0.5, 0.6) is 0 Å². The quantitative estimate of drug-likeness (QED) is 0.185. The summed E-state index contributed by atoms with van der Waals surface area (Å²) in [5.41, 5.74) is 3.93. The van der Waals surface area contributed by atoms with Gasteiger partial charge in [0.1, 0.15) is 4.83 Å². The summed E-state index contributed by atoms with van der Waals surface area (Å²) in [6, 6.07) is 15.0. The van der Waals surface area contributed by atoms with Crippen LogP contribution < -0.4 is 10.9 Å². The van der Waals surface area contributed by atoms with E-state index < -0.39 is 5.25 Å². The van der Waals surface area contributed by atoms with Crippen LogP contribution in [0.3, 0.4) is 0 Å². The Morgan fingerprint density at radius 3 is 2.50 bits per heavy atom. The third kappa shape index (κ3) is 5.13. The number of fused-ring (bicyclic) bond motifs is 1. The van der Waals surface area contributed by atoms with E-state index in [0.29, 0.717) is 32.5 Å². The highest BCUT2D eigenvalue weighted by Gasteiger charge is 2.19. The summed E-state index contributed by atoms with van der Waals surface area (Å²) in [6.45, 7) is 7.52. The first-order valence-corrected chi connectivity index (χ1v) is 12.7. The second-order valence-electron chi connectivity index (χ2n) is 8.36. The minimum Gasteiger partial charge on any atom is -0.325 e. The van der Waals surface area contributed by atoms with Crippen molar-refractivity contribution in [1.82, 2.24) is 9.97 Å². The number of nitrogens with one attached hydrogen (secondary N) is 2. The lowest BCUT2D eigenvalue weighted by molar-refractivity contribution is -0.115. The molecule has 8 heteroatoms. The first kappa shape index (κ1) is 23.9. The van der Waals surface area contributed by atoms with Crippen LogP contribution in [-0.2, 0) is 4.79 Å². The largest absolute Gasteiger partial charge is 0.325 e. The number of Topliss-reactive ketones (excluding diaryl/α,β-unsaturated/α-hetero) is 1. The number of carbonyl (C=O) groups is 2. The maximum atomic E-state index is 12.9. The van der Waals surface area contributed by atoms with Crippen LogP contribution in [0.15, 0.2) is 63.9 Å². The summed E-state index contributed by atoms with van der Waals surface area (Å²) in [5.74, 6) is 0.125. The van der Waals surface area contributed by atoms with Gasteiger partial charge in [0, 0.05) is 22.2 Å². The molecule has 0 bridgehead atoms. The van der Waals surface area contributed by atoms with E-state index in [1.165, 1.54) is 35.6 Å². The Kier molecular flexibility index (Phi) is 7.00. The normalized spacial score (nSPS) is 12.1. The van der Waals surface area contributed by atoms with Gasteiger partial charge in [-0.05, 0) is 43.0 Å². The maximum Gasteiger partial charge on any atom is 0.260 e. The first-order valence-electron chi connectivity index (χ1n) is 10.9. The molecule has 0 aliphatic heterocycles. The molecule has 0 saturated heterocycles. The van der Waals surface area contributed by atoms with Gasteiger partial charge in [0.2, 0.25) is 5.91 Å². The summed E-state index contributed by atoms with van der Waals surface area (Å²) in [6.07, 6.45) is 0. The number of thioether (sulfide) groups is 1. The molecule has 0 saturated carbocycles. The Balaban J connectivity index is 1.53. The molecule has 0 aliphatic rings. The van der Waals surface area contributed by atoms with E-state index in [-0.39, 0.29) is 17.2 Å². The van der Waals surface area contributed by atoms with Gasteiger partial charge in [-0.2, -0.15) is 0 Å². The van der Waals surface area contributed by atoms with E-state index in [9.17, 15) is 14.4 Å². The second-order valence-corrected chi connectivity index (χ2v) is 10.6. The van der Waals surface area contributed by atoms with Gasteiger partial charge < -0.3 is 10.3 Å². The van der Waals surface area contributed by atoms with Gasteiger partial charge in [-0.15, -0.1) is 11.3 Å². The third-order valence-corrected chi connectivity index (χ3v) is 7.36. The van der Waals surface area contributed by atoms with Crippen molar-refractivity contribution in [2.24, 2.45) is 0 Å². The van der Waals surface area contributed by atoms with Crippen molar-refractivity contribution in [3.05, 3.63) is 75.4 Å². The lowest BCUT2D eigenvalue weighted by Gasteiger charge is -2.12. The zero-order valence-electron chi connectivity index (χ0n) is 19.3. The predicted molar refractivity (Wildman–Crippen MR) is 140 cm³/mol. The monoisotopic (exact) mass is 491 g/mol. The number of carbonyl (C=O) groups excluding carboxylic acids is 2. The Bertz CT molecular complexity index is 1420. The fourth-order valence-corrected chi connectivity index (χ4v) is 5.33. The molecule has 2 heterocycles. The lowest BCUT2D eigenvalue weighted by atomic mass is 9.99. The standard InChI is InChI=1S/C26H25N3O3S2/c1-14(2)17-8-10-18(11-9-17)21-13-33-25-22(21)24(32)28-26(29-25)34-16(4)23(31)27-20-7-5-6-19(12-20)15(3)30/h5-14,16H,1-4H3,(H,27,31)(H,28,29,32). The molecule has 6 nitrogen and oxygen atoms in total. The van der Waals surface area contributed by atoms with Crippen molar-refractivity contribution in [1.29, 1.82) is 0 Å². The number of benzene rings is 2. The number of thiophene rings is 1. The zero-order valence-corrected chi connectivity index (χ0v) is 21.0. The van der Waals surface area contributed by atoms with Crippen molar-refractivity contribution in [3.63, 3.8) is 0 Å². The summed E-state index contributed by atoms with van der Waals surface area (Å²) in [4.78, 5) is 45.2. The molecule has 0 aliphatic carbocycles. The zero-order chi connectivity index (χ0) is 24.4. The molecular weight excluding hydrogens is 466 g/mol. The number of amides is 1. The highest BCUT2D eigenvalue weighted by Crippen LogP contribution is 2.33. The number of aromatic amines is 1. The van der Waals surface area contributed by atoms with Gasteiger partial charge >= 0.3 is 0 Å². The van der Waals surface area contributed by atoms with Gasteiger partial charge in [0.05, 0.1) is 10.6 Å². The van der Waals surface area contributed by atoms with Crippen molar-refractivity contribution in [2.75, 3.05) is 5.32 Å². The number of H-pyrrole nitrogens is 1. The van der Waals surface area contributed by atoms with Crippen LogP contribution in [-0.4, -0.2) is 26.9 Å².